The summed E-state index contributed by atoms with van der Waals surface area (Å²) < 4.78 is 0. The van der Waals surface area contributed by atoms with Crippen molar-refractivity contribution < 1.29 is 0 Å². The summed E-state index contributed by atoms with van der Waals surface area (Å²) in [5, 5.41) is 3.73. The van der Waals surface area contributed by atoms with E-state index in [-0.39, 0.29) is 0 Å². The van der Waals surface area contributed by atoms with Gasteiger partial charge in [-0.2, -0.15) is 0 Å². The molecule has 1 aliphatic carbocycles. The minimum Gasteiger partial charge on any atom is -0.313 e. The van der Waals surface area contributed by atoms with E-state index >= 15 is 0 Å². The Balaban J connectivity index is 2.13. The minimum atomic E-state index is 0.779. The van der Waals surface area contributed by atoms with Gasteiger partial charge < -0.3 is 10.2 Å². The Morgan fingerprint density at radius 1 is 1.06 bits per heavy atom. The molecular formula is C14H30N2. The van der Waals surface area contributed by atoms with Gasteiger partial charge in [0.1, 0.15) is 0 Å². The van der Waals surface area contributed by atoms with Gasteiger partial charge in [0.05, 0.1) is 0 Å². The van der Waals surface area contributed by atoms with Crippen molar-refractivity contribution in [2.24, 2.45) is 11.8 Å². The first-order valence-corrected chi connectivity index (χ1v) is 7.13. The second-order valence-electron chi connectivity index (χ2n) is 5.45. The van der Waals surface area contributed by atoms with Crippen molar-refractivity contribution >= 4 is 0 Å². The lowest BCUT2D eigenvalue weighted by molar-refractivity contribution is 0.217. The van der Waals surface area contributed by atoms with Gasteiger partial charge in [-0.3, -0.25) is 0 Å². The fourth-order valence-corrected chi connectivity index (χ4v) is 2.70. The highest BCUT2D eigenvalue weighted by molar-refractivity contribution is 4.79. The molecular weight excluding hydrogens is 196 g/mol. The second kappa shape index (κ2) is 7.29. The van der Waals surface area contributed by atoms with Crippen molar-refractivity contribution in [1.29, 1.82) is 0 Å². The zero-order valence-corrected chi connectivity index (χ0v) is 11.6. The maximum absolute atomic E-state index is 3.73. The Hall–Kier alpha value is -0.0800. The zero-order chi connectivity index (χ0) is 12.0. The third kappa shape index (κ3) is 4.42. The summed E-state index contributed by atoms with van der Waals surface area (Å²) in [6.45, 7) is 14.0. The molecule has 16 heavy (non-hydrogen) atoms. The summed E-state index contributed by atoms with van der Waals surface area (Å²) in [6.07, 6.45) is 4.16. The predicted octanol–water partition coefficient (Wildman–Crippen LogP) is 2.74. The fraction of sp³-hybridized carbons (Fsp3) is 1.00. The first kappa shape index (κ1) is 14.0. The molecule has 1 rings (SSSR count). The van der Waals surface area contributed by atoms with Crippen LogP contribution in [0.3, 0.4) is 0 Å². The molecule has 2 heteroatoms. The van der Waals surface area contributed by atoms with Crippen LogP contribution in [0, 0.1) is 11.8 Å². The van der Waals surface area contributed by atoms with Crippen LogP contribution in [0.15, 0.2) is 0 Å². The van der Waals surface area contributed by atoms with Crippen molar-refractivity contribution in [2.45, 2.75) is 53.0 Å². The number of nitrogens with one attached hydrogen (secondary N) is 1. The lowest BCUT2D eigenvalue weighted by atomic mass is 9.79. The van der Waals surface area contributed by atoms with Gasteiger partial charge in [0.15, 0.2) is 0 Å². The van der Waals surface area contributed by atoms with Crippen LogP contribution < -0.4 is 5.32 Å². The van der Waals surface area contributed by atoms with E-state index in [2.05, 4.69) is 37.9 Å². The molecule has 3 unspecified atom stereocenters. The Kier molecular flexibility index (Phi) is 6.37. The lowest BCUT2D eigenvalue weighted by Gasteiger charge is -2.33. The van der Waals surface area contributed by atoms with Crippen LogP contribution in [0.4, 0.5) is 0 Å². The lowest BCUT2D eigenvalue weighted by Crippen LogP contribution is -2.40. The van der Waals surface area contributed by atoms with Crippen LogP contribution in [0.1, 0.15) is 47.0 Å². The van der Waals surface area contributed by atoms with E-state index in [0.717, 1.165) is 24.4 Å². The monoisotopic (exact) mass is 226 g/mol. The molecule has 1 aliphatic rings. The number of hydrogen-bond donors (Lipinski definition) is 1. The van der Waals surface area contributed by atoms with E-state index in [1.807, 2.05) is 0 Å². The SMILES string of the molecule is CCN(CC)CCNC1CCC(C)C(C)C1. The van der Waals surface area contributed by atoms with Crippen LogP contribution in [-0.2, 0) is 0 Å². The van der Waals surface area contributed by atoms with Crippen LogP contribution in [0.2, 0.25) is 0 Å². The average molecular weight is 226 g/mol. The molecule has 0 aliphatic heterocycles. The van der Waals surface area contributed by atoms with E-state index < -0.39 is 0 Å². The highest BCUT2D eigenvalue weighted by Gasteiger charge is 2.23. The second-order valence-corrected chi connectivity index (χ2v) is 5.45. The fourth-order valence-electron chi connectivity index (χ4n) is 2.70. The van der Waals surface area contributed by atoms with Gasteiger partial charge in [-0.15, -0.1) is 0 Å². The number of nitrogens with zero attached hydrogens (tertiary/aromatic N) is 1. The third-order valence-corrected chi connectivity index (χ3v) is 4.35. The number of likely N-dealkylation sites (N-methyl/N-ethyl adjacent to an activating group) is 1. The molecule has 96 valence electrons. The Morgan fingerprint density at radius 2 is 1.75 bits per heavy atom. The molecule has 0 amide bonds. The summed E-state index contributed by atoms with van der Waals surface area (Å²) in [5.74, 6) is 1.83. The summed E-state index contributed by atoms with van der Waals surface area (Å²) in [5.41, 5.74) is 0. The topological polar surface area (TPSA) is 15.3 Å². The van der Waals surface area contributed by atoms with Gasteiger partial charge >= 0.3 is 0 Å². The third-order valence-electron chi connectivity index (χ3n) is 4.35. The first-order chi connectivity index (χ1) is 7.67. The van der Waals surface area contributed by atoms with Crippen LogP contribution >= 0.6 is 0 Å². The average Bonchev–Trinajstić information content (AvgIpc) is 2.29. The van der Waals surface area contributed by atoms with Crippen LogP contribution in [0.25, 0.3) is 0 Å². The molecule has 1 N–H and O–H groups in total. The van der Waals surface area contributed by atoms with E-state index in [9.17, 15) is 0 Å². The van der Waals surface area contributed by atoms with Crippen molar-refractivity contribution in [3.8, 4) is 0 Å². The molecule has 1 saturated carbocycles. The Labute approximate surface area is 102 Å². The minimum absolute atomic E-state index is 0.779. The largest absolute Gasteiger partial charge is 0.313 e. The Bertz CT molecular complexity index is 178. The summed E-state index contributed by atoms with van der Waals surface area (Å²) in [6, 6.07) is 0.779. The van der Waals surface area contributed by atoms with E-state index in [4.69, 9.17) is 0 Å². The molecule has 3 atom stereocenters. The van der Waals surface area contributed by atoms with Gasteiger partial charge in [0, 0.05) is 19.1 Å². The van der Waals surface area contributed by atoms with Gasteiger partial charge in [-0.05, 0) is 44.2 Å². The van der Waals surface area contributed by atoms with Crippen molar-refractivity contribution in [3.63, 3.8) is 0 Å². The quantitative estimate of drug-likeness (QED) is 0.749. The summed E-state index contributed by atoms with van der Waals surface area (Å²) in [7, 11) is 0. The van der Waals surface area contributed by atoms with E-state index in [1.165, 1.54) is 38.9 Å². The van der Waals surface area contributed by atoms with Crippen molar-refractivity contribution in [2.75, 3.05) is 26.2 Å². The smallest absolute Gasteiger partial charge is 0.0107 e. The van der Waals surface area contributed by atoms with E-state index in [0.29, 0.717) is 0 Å². The molecule has 2 nitrogen and oxygen atoms in total. The summed E-state index contributed by atoms with van der Waals surface area (Å²) >= 11 is 0. The molecule has 0 aromatic rings. The van der Waals surface area contributed by atoms with Gasteiger partial charge in [0.25, 0.3) is 0 Å². The van der Waals surface area contributed by atoms with Crippen LogP contribution in [0.5, 0.6) is 0 Å². The molecule has 0 bridgehead atoms. The molecule has 1 fully saturated rings. The highest BCUT2D eigenvalue weighted by atomic mass is 15.1. The van der Waals surface area contributed by atoms with E-state index in [1.54, 1.807) is 0 Å². The number of rotatable bonds is 6. The molecule has 0 saturated heterocycles. The normalized spacial score (nSPS) is 30.9. The maximum atomic E-state index is 3.73. The van der Waals surface area contributed by atoms with Crippen molar-refractivity contribution in [1.82, 2.24) is 10.2 Å². The molecule has 0 heterocycles. The maximum Gasteiger partial charge on any atom is 0.0107 e. The molecule has 0 aromatic heterocycles. The van der Waals surface area contributed by atoms with Crippen LogP contribution in [-0.4, -0.2) is 37.1 Å². The standard InChI is InChI=1S/C14H30N2/c1-5-16(6-2)10-9-15-14-8-7-12(3)13(4)11-14/h12-15H,5-11H2,1-4H3. The highest BCUT2D eigenvalue weighted by Crippen LogP contribution is 2.29. The summed E-state index contributed by atoms with van der Waals surface area (Å²) in [4.78, 5) is 2.49. The predicted molar refractivity (Wildman–Crippen MR) is 71.8 cm³/mol. The molecule has 0 spiro atoms. The van der Waals surface area contributed by atoms with Gasteiger partial charge in [-0.25, -0.2) is 0 Å². The Morgan fingerprint density at radius 3 is 2.31 bits per heavy atom. The zero-order valence-electron chi connectivity index (χ0n) is 11.6. The van der Waals surface area contributed by atoms with Gasteiger partial charge in [-0.1, -0.05) is 27.7 Å². The van der Waals surface area contributed by atoms with Gasteiger partial charge in [0.2, 0.25) is 0 Å². The van der Waals surface area contributed by atoms with Crippen molar-refractivity contribution in [3.05, 3.63) is 0 Å². The number of hydrogen-bond acceptors (Lipinski definition) is 2. The first-order valence-electron chi connectivity index (χ1n) is 7.13. The molecule has 0 radical (unpaired) electrons. The molecule has 0 aromatic carbocycles.